The Bertz CT molecular complexity index is 291. The molecule has 82 valence electrons. The van der Waals surface area contributed by atoms with Crippen molar-refractivity contribution in [2.75, 3.05) is 5.75 Å². The van der Waals surface area contributed by atoms with E-state index in [-0.39, 0.29) is 0 Å². The van der Waals surface area contributed by atoms with Crippen molar-refractivity contribution in [1.82, 2.24) is 5.48 Å². The lowest BCUT2D eigenvalue weighted by molar-refractivity contribution is 0.00840. The van der Waals surface area contributed by atoms with Gasteiger partial charge >= 0.3 is 0 Å². The highest BCUT2D eigenvalue weighted by Crippen LogP contribution is 2.25. The highest BCUT2D eigenvalue weighted by Gasteiger charge is 2.21. The smallest absolute Gasteiger partial charge is 0.0933 e. The molecule has 15 heavy (non-hydrogen) atoms. The Labute approximate surface area is 95.4 Å². The van der Waals surface area contributed by atoms with E-state index in [9.17, 15) is 0 Å². The quantitative estimate of drug-likeness (QED) is 0.793. The minimum absolute atomic E-state index is 0.522. The topological polar surface area (TPSA) is 21.3 Å². The largest absolute Gasteiger partial charge is 0.297 e. The van der Waals surface area contributed by atoms with Crippen LogP contribution in [0.2, 0.25) is 0 Å². The normalized spacial score (nSPS) is 25.7. The Balaban J connectivity index is 1.67. The number of benzene rings is 1. The average Bonchev–Trinajstić information content (AvgIpc) is 2.66. The highest BCUT2D eigenvalue weighted by atomic mass is 32.2. The second-order valence-electron chi connectivity index (χ2n) is 3.97. The summed E-state index contributed by atoms with van der Waals surface area (Å²) in [5, 5.41) is 0.767. The van der Waals surface area contributed by atoms with Crippen LogP contribution in [0.15, 0.2) is 30.3 Å². The minimum atomic E-state index is 0.522. The fraction of sp³-hybridized carbons (Fsp3) is 0.500. The molecule has 2 atom stereocenters. The predicted molar refractivity (Wildman–Crippen MR) is 64.7 cm³/mol. The molecule has 0 aromatic heterocycles. The Kier molecular flexibility index (Phi) is 4.06. The molecule has 2 nitrogen and oxygen atoms in total. The van der Waals surface area contributed by atoms with Crippen LogP contribution in [0.4, 0.5) is 0 Å². The van der Waals surface area contributed by atoms with E-state index in [0.717, 1.165) is 11.0 Å². The molecule has 3 heteroatoms. The summed E-state index contributed by atoms with van der Waals surface area (Å²) >= 11 is 2.01. The van der Waals surface area contributed by atoms with E-state index < -0.39 is 0 Å². The van der Waals surface area contributed by atoms with Crippen LogP contribution in [0, 0.1) is 0 Å². The fourth-order valence-corrected chi connectivity index (χ4v) is 2.85. The maximum atomic E-state index is 5.49. The zero-order valence-electron chi connectivity index (χ0n) is 8.98. The van der Waals surface area contributed by atoms with Crippen LogP contribution < -0.4 is 5.48 Å². The molecule has 1 saturated heterocycles. The molecule has 0 saturated carbocycles. The molecule has 0 aliphatic carbocycles. The lowest BCUT2D eigenvalue weighted by Crippen LogP contribution is -2.29. The maximum Gasteiger partial charge on any atom is 0.0933 e. The monoisotopic (exact) mass is 223 g/mol. The first-order valence-corrected chi connectivity index (χ1v) is 6.42. The maximum absolute atomic E-state index is 5.49. The molecule has 1 aromatic carbocycles. The van der Waals surface area contributed by atoms with E-state index in [0.29, 0.717) is 12.6 Å². The molecule has 0 bridgehead atoms. The molecular weight excluding hydrogens is 206 g/mol. The van der Waals surface area contributed by atoms with Gasteiger partial charge in [-0.15, -0.1) is 0 Å². The molecule has 2 rings (SSSR count). The van der Waals surface area contributed by atoms with Gasteiger partial charge in [-0.1, -0.05) is 37.3 Å². The van der Waals surface area contributed by atoms with E-state index in [1.54, 1.807) is 0 Å². The second-order valence-corrected chi connectivity index (χ2v) is 5.44. The van der Waals surface area contributed by atoms with Gasteiger partial charge in [0.1, 0.15) is 0 Å². The first-order valence-electron chi connectivity index (χ1n) is 5.37. The van der Waals surface area contributed by atoms with Gasteiger partial charge in [-0.05, 0) is 12.0 Å². The number of hydrogen-bond acceptors (Lipinski definition) is 3. The van der Waals surface area contributed by atoms with E-state index >= 15 is 0 Å². The average molecular weight is 223 g/mol. The summed E-state index contributed by atoms with van der Waals surface area (Å²) < 4.78 is 0. The summed E-state index contributed by atoms with van der Waals surface area (Å²) in [6.07, 6.45) is 1.21. The summed E-state index contributed by atoms with van der Waals surface area (Å²) in [6, 6.07) is 10.8. The molecular formula is C12H17NOS. The molecule has 2 unspecified atom stereocenters. The molecule has 1 N–H and O–H groups in total. The molecule has 0 spiro atoms. The van der Waals surface area contributed by atoms with Crippen molar-refractivity contribution in [3.63, 3.8) is 0 Å². The SMILES string of the molecule is CC1CC(NOCc2ccccc2)CS1. The third kappa shape index (κ3) is 3.52. The number of nitrogens with one attached hydrogen (secondary N) is 1. The number of rotatable bonds is 4. The first kappa shape index (κ1) is 11.0. The van der Waals surface area contributed by atoms with E-state index in [4.69, 9.17) is 4.84 Å². The van der Waals surface area contributed by atoms with E-state index in [1.165, 1.54) is 12.0 Å². The summed E-state index contributed by atoms with van der Waals surface area (Å²) in [7, 11) is 0. The lowest BCUT2D eigenvalue weighted by Gasteiger charge is -2.11. The summed E-state index contributed by atoms with van der Waals surface area (Å²) in [4.78, 5) is 5.49. The standard InChI is InChI=1S/C12H17NOS/c1-10-7-12(9-15-10)13-14-8-11-5-3-2-4-6-11/h2-6,10,12-13H,7-9H2,1H3. The van der Waals surface area contributed by atoms with Crippen molar-refractivity contribution in [2.24, 2.45) is 0 Å². The van der Waals surface area contributed by atoms with Gasteiger partial charge < -0.3 is 0 Å². The van der Waals surface area contributed by atoms with Gasteiger partial charge in [0, 0.05) is 17.0 Å². The van der Waals surface area contributed by atoms with Crippen LogP contribution in [0.3, 0.4) is 0 Å². The molecule has 1 fully saturated rings. The van der Waals surface area contributed by atoms with E-state index in [1.807, 2.05) is 30.0 Å². The Hall–Kier alpha value is -0.510. The van der Waals surface area contributed by atoms with Gasteiger partial charge in [0.25, 0.3) is 0 Å². The summed E-state index contributed by atoms with van der Waals surface area (Å²) in [5.74, 6) is 1.16. The Morgan fingerprint density at radius 3 is 2.87 bits per heavy atom. The third-order valence-corrected chi connectivity index (χ3v) is 3.89. The molecule has 1 aromatic rings. The van der Waals surface area contributed by atoms with Crippen LogP contribution >= 0.6 is 11.8 Å². The van der Waals surface area contributed by atoms with E-state index in [2.05, 4.69) is 24.5 Å². The second kappa shape index (κ2) is 5.54. The van der Waals surface area contributed by atoms with Crippen molar-refractivity contribution in [3.05, 3.63) is 35.9 Å². The van der Waals surface area contributed by atoms with Gasteiger partial charge in [-0.25, -0.2) is 0 Å². The van der Waals surface area contributed by atoms with Crippen molar-refractivity contribution in [3.8, 4) is 0 Å². The Morgan fingerprint density at radius 1 is 1.40 bits per heavy atom. The summed E-state index contributed by atoms with van der Waals surface area (Å²) in [6.45, 7) is 2.92. The van der Waals surface area contributed by atoms with Crippen molar-refractivity contribution in [2.45, 2.75) is 31.2 Å². The Morgan fingerprint density at radius 2 is 2.20 bits per heavy atom. The van der Waals surface area contributed by atoms with Gasteiger partial charge in [-0.2, -0.15) is 17.2 Å². The minimum Gasteiger partial charge on any atom is -0.297 e. The van der Waals surface area contributed by atoms with Crippen LogP contribution in [-0.4, -0.2) is 17.0 Å². The number of thioether (sulfide) groups is 1. The summed E-state index contributed by atoms with van der Waals surface area (Å²) in [5.41, 5.74) is 4.35. The van der Waals surface area contributed by atoms with Crippen molar-refractivity contribution in [1.29, 1.82) is 0 Å². The predicted octanol–water partition coefficient (Wildman–Crippen LogP) is 2.60. The molecule has 0 radical (unpaired) electrons. The van der Waals surface area contributed by atoms with Crippen molar-refractivity contribution >= 4 is 11.8 Å². The number of hydrogen-bond donors (Lipinski definition) is 1. The van der Waals surface area contributed by atoms with Crippen LogP contribution in [-0.2, 0) is 11.4 Å². The first-order chi connectivity index (χ1) is 7.34. The van der Waals surface area contributed by atoms with Gasteiger partial charge in [0.2, 0.25) is 0 Å². The third-order valence-electron chi connectivity index (χ3n) is 2.53. The molecule has 0 amide bonds. The zero-order valence-corrected chi connectivity index (χ0v) is 9.80. The fourth-order valence-electron chi connectivity index (χ4n) is 1.72. The van der Waals surface area contributed by atoms with Crippen LogP contribution in [0.5, 0.6) is 0 Å². The van der Waals surface area contributed by atoms with Gasteiger partial charge in [-0.3, -0.25) is 4.84 Å². The van der Waals surface area contributed by atoms with Crippen LogP contribution in [0.1, 0.15) is 18.9 Å². The highest BCUT2D eigenvalue weighted by molar-refractivity contribution is 8.00. The lowest BCUT2D eigenvalue weighted by atomic mass is 10.2. The number of hydroxylamine groups is 1. The van der Waals surface area contributed by atoms with Crippen LogP contribution in [0.25, 0.3) is 0 Å². The molecule has 1 aliphatic heterocycles. The van der Waals surface area contributed by atoms with Gasteiger partial charge in [0.05, 0.1) is 6.61 Å². The van der Waals surface area contributed by atoms with Crippen molar-refractivity contribution < 1.29 is 4.84 Å². The van der Waals surface area contributed by atoms with Gasteiger partial charge in [0.15, 0.2) is 0 Å². The molecule has 1 aliphatic rings. The molecule has 1 heterocycles. The zero-order chi connectivity index (χ0) is 10.5.